The molecule has 6 heteroatoms. The van der Waals surface area contributed by atoms with Crippen molar-refractivity contribution in [2.45, 2.75) is 25.7 Å². The van der Waals surface area contributed by atoms with Crippen LogP contribution in [0.5, 0.6) is 0 Å². The highest BCUT2D eigenvalue weighted by molar-refractivity contribution is 5.76. The second-order valence-corrected chi connectivity index (χ2v) is 4.70. The molecule has 0 saturated carbocycles. The largest absolute Gasteiger partial charge is 0.469 e. The summed E-state index contributed by atoms with van der Waals surface area (Å²) in [5.41, 5.74) is 5.07. The van der Waals surface area contributed by atoms with Crippen LogP contribution < -0.4 is 5.73 Å². The van der Waals surface area contributed by atoms with Crippen molar-refractivity contribution in [1.29, 1.82) is 0 Å². The Morgan fingerprint density at radius 2 is 1.37 bits per heavy atom. The molecule has 0 unspecified atom stereocenters. The van der Waals surface area contributed by atoms with Gasteiger partial charge in [0.25, 0.3) is 0 Å². The Morgan fingerprint density at radius 1 is 0.947 bits per heavy atom. The number of carbonyl (C=O) groups excluding carboxylic acids is 2. The Morgan fingerprint density at radius 3 is 1.68 bits per heavy atom. The van der Waals surface area contributed by atoms with Gasteiger partial charge in [0.05, 0.1) is 13.0 Å². The Bertz CT molecular complexity index is 283. The van der Waals surface area contributed by atoms with E-state index in [1.54, 1.807) is 0 Å². The van der Waals surface area contributed by atoms with E-state index >= 15 is 0 Å². The summed E-state index contributed by atoms with van der Waals surface area (Å²) in [4.78, 5) is 21.4. The Labute approximate surface area is 113 Å². The number of ether oxygens (including phenoxy) is 3. The summed E-state index contributed by atoms with van der Waals surface area (Å²) in [6.45, 7) is 2.76. The SMILES string of the molecule is COC(=O)C1CCOCC1.NC(=O)C1CCOCC1. The smallest absolute Gasteiger partial charge is 0.308 e. The molecule has 0 aliphatic carbocycles. The van der Waals surface area contributed by atoms with Gasteiger partial charge in [-0.3, -0.25) is 9.59 Å². The molecule has 1 amide bonds. The second-order valence-electron chi connectivity index (χ2n) is 4.70. The molecule has 110 valence electrons. The van der Waals surface area contributed by atoms with Gasteiger partial charge in [-0.1, -0.05) is 0 Å². The third-order valence-corrected chi connectivity index (χ3v) is 3.38. The molecule has 2 rings (SSSR count). The number of methoxy groups -OCH3 is 1. The van der Waals surface area contributed by atoms with E-state index in [0.29, 0.717) is 26.4 Å². The van der Waals surface area contributed by atoms with E-state index in [-0.39, 0.29) is 23.7 Å². The number of hydrogen-bond donors (Lipinski definition) is 1. The minimum atomic E-state index is -0.182. The summed E-state index contributed by atoms with van der Waals surface area (Å²) in [6, 6.07) is 0. The zero-order valence-electron chi connectivity index (χ0n) is 11.4. The molecule has 19 heavy (non-hydrogen) atoms. The van der Waals surface area contributed by atoms with Gasteiger partial charge < -0.3 is 19.9 Å². The number of amides is 1. The lowest BCUT2D eigenvalue weighted by Crippen LogP contribution is -2.28. The fraction of sp³-hybridized carbons (Fsp3) is 0.846. The molecule has 2 aliphatic heterocycles. The number of esters is 1. The van der Waals surface area contributed by atoms with E-state index in [1.165, 1.54) is 7.11 Å². The van der Waals surface area contributed by atoms with Gasteiger partial charge in [-0.15, -0.1) is 0 Å². The molecule has 2 heterocycles. The van der Waals surface area contributed by atoms with Crippen LogP contribution in [0.1, 0.15) is 25.7 Å². The summed E-state index contributed by atoms with van der Waals surface area (Å²) in [7, 11) is 1.43. The van der Waals surface area contributed by atoms with Crippen LogP contribution >= 0.6 is 0 Å². The van der Waals surface area contributed by atoms with Gasteiger partial charge in [-0.25, -0.2) is 0 Å². The van der Waals surface area contributed by atoms with Gasteiger partial charge >= 0.3 is 5.97 Å². The fourth-order valence-electron chi connectivity index (χ4n) is 2.08. The summed E-state index contributed by atoms with van der Waals surface area (Å²) < 4.78 is 14.7. The van der Waals surface area contributed by atoms with Gasteiger partial charge in [0, 0.05) is 32.3 Å². The summed E-state index contributed by atoms with van der Waals surface area (Å²) in [5.74, 6) is -0.126. The van der Waals surface area contributed by atoms with E-state index < -0.39 is 0 Å². The van der Waals surface area contributed by atoms with E-state index in [2.05, 4.69) is 4.74 Å². The quantitative estimate of drug-likeness (QED) is 0.739. The van der Waals surface area contributed by atoms with Crippen molar-refractivity contribution >= 4 is 11.9 Å². The van der Waals surface area contributed by atoms with Crippen molar-refractivity contribution in [3.63, 3.8) is 0 Å². The van der Waals surface area contributed by atoms with Gasteiger partial charge in [0.1, 0.15) is 0 Å². The van der Waals surface area contributed by atoms with Crippen LogP contribution in [0.4, 0.5) is 0 Å². The molecule has 0 atom stereocenters. The zero-order chi connectivity index (χ0) is 14.1. The monoisotopic (exact) mass is 273 g/mol. The third-order valence-electron chi connectivity index (χ3n) is 3.38. The topological polar surface area (TPSA) is 87.9 Å². The normalized spacial score (nSPS) is 21.1. The number of carbonyl (C=O) groups is 2. The van der Waals surface area contributed by atoms with Gasteiger partial charge in [0.2, 0.25) is 5.91 Å². The number of primary amides is 1. The van der Waals surface area contributed by atoms with E-state index in [9.17, 15) is 9.59 Å². The molecular formula is C13H23NO5. The minimum absolute atomic E-state index is 0.0683. The van der Waals surface area contributed by atoms with Crippen molar-refractivity contribution < 1.29 is 23.8 Å². The summed E-state index contributed by atoms with van der Waals surface area (Å²) in [5, 5.41) is 0. The van der Waals surface area contributed by atoms with Crippen molar-refractivity contribution in [3.05, 3.63) is 0 Å². The Hall–Kier alpha value is -1.14. The molecule has 0 aromatic carbocycles. The average molecular weight is 273 g/mol. The summed E-state index contributed by atoms with van der Waals surface area (Å²) in [6.07, 6.45) is 3.23. The van der Waals surface area contributed by atoms with Gasteiger partial charge in [-0.2, -0.15) is 0 Å². The first kappa shape index (κ1) is 15.9. The van der Waals surface area contributed by atoms with Crippen LogP contribution in [0.3, 0.4) is 0 Å². The zero-order valence-corrected chi connectivity index (χ0v) is 11.4. The van der Waals surface area contributed by atoms with E-state index in [4.69, 9.17) is 15.2 Å². The van der Waals surface area contributed by atoms with Gasteiger partial charge in [-0.05, 0) is 25.7 Å². The predicted octanol–water partition coefficient (Wildman–Crippen LogP) is 0.484. The lowest BCUT2D eigenvalue weighted by molar-refractivity contribution is -0.148. The molecule has 0 aromatic rings. The molecule has 0 radical (unpaired) electrons. The van der Waals surface area contributed by atoms with Crippen LogP contribution in [0, 0.1) is 11.8 Å². The molecule has 2 saturated heterocycles. The Kier molecular flexibility index (Phi) is 7.43. The van der Waals surface area contributed by atoms with Crippen molar-refractivity contribution in [2.24, 2.45) is 17.6 Å². The fourth-order valence-corrected chi connectivity index (χ4v) is 2.08. The van der Waals surface area contributed by atoms with E-state index in [1.807, 2.05) is 0 Å². The maximum absolute atomic E-state index is 10.9. The molecule has 6 nitrogen and oxygen atoms in total. The highest BCUT2D eigenvalue weighted by atomic mass is 16.5. The van der Waals surface area contributed by atoms with E-state index in [0.717, 1.165) is 25.7 Å². The molecule has 0 aromatic heterocycles. The Balaban J connectivity index is 0.000000191. The maximum atomic E-state index is 10.9. The lowest BCUT2D eigenvalue weighted by Gasteiger charge is -2.19. The van der Waals surface area contributed by atoms with Crippen LogP contribution in [0.2, 0.25) is 0 Å². The first-order chi connectivity index (χ1) is 9.15. The van der Waals surface area contributed by atoms with Crippen molar-refractivity contribution in [2.75, 3.05) is 33.5 Å². The average Bonchev–Trinajstić information content (AvgIpc) is 2.49. The van der Waals surface area contributed by atoms with Gasteiger partial charge in [0.15, 0.2) is 0 Å². The first-order valence-electron chi connectivity index (χ1n) is 6.67. The van der Waals surface area contributed by atoms with Crippen LogP contribution in [-0.4, -0.2) is 45.4 Å². The number of hydrogen-bond acceptors (Lipinski definition) is 5. The molecule has 0 spiro atoms. The molecule has 2 N–H and O–H groups in total. The minimum Gasteiger partial charge on any atom is -0.469 e. The summed E-state index contributed by atoms with van der Waals surface area (Å²) >= 11 is 0. The standard InChI is InChI=1S/C7H12O3.C6H11NO2/c1-9-7(8)6-2-4-10-5-3-6;7-6(8)5-1-3-9-4-2-5/h6H,2-5H2,1H3;5H,1-4H2,(H2,7,8). The van der Waals surface area contributed by atoms with Crippen molar-refractivity contribution in [3.8, 4) is 0 Å². The maximum Gasteiger partial charge on any atom is 0.308 e. The predicted molar refractivity (Wildman–Crippen MR) is 68.3 cm³/mol. The van der Waals surface area contributed by atoms with Crippen LogP contribution in [0.25, 0.3) is 0 Å². The molecule has 2 aliphatic rings. The third kappa shape index (κ3) is 6.02. The van der Waals surface area contributed by atoms with Crippen molar-refractivity contribution in [1.82, 2.24) is 0 Å². The molecular weight excluding hydrogens is 250 g/mol. The first-order valence-corrected chi connectivity index (χ1v) is 6.67. The highest BCUT2D eigenvalue weighted by Gasteiger charge is 2.21. The second kappa shape index (κ2) is 8.87. The number of rotatable bonds is 2. The highest BCUT2D eigenvalue weighted by Crippen LogP contribution is 2.15. The van der Waals surface area contributed by atoms with Crippen LogP contribution in [-0.2, 0) is 23.8 Å². The van der Waals surface area contributed by atoms with Crippen LogP contribution in [0.15, 0.2) is 0 Å². The number of nitrogens with two attached hydrogens (primary N) is 1. The molecule has 0 bridgehead atoms. The lowest BCUT2D eigenvalue weighted by atomic mass is 10.0. The molecule has 2 fully saturated rings.